The third-order valence-corrected chi connectivity index (χ3v) is 8.54. The highest BCUT2D eigenvalue weighted by atomic mass is 16.5. The quantitative estimate of drug-likeness (QED) is 0.254. The molecular weight excluding hydrogens is 524 g/mol. The first-order chi connectivity index (χ1) is 20.7. The first-order valence-corrected chi connectivity index (χ1v) is 15.2. The molecule has 2 aliphatic heterocycles. The minimum atomic E-state index is 0.606. The van der Waals surface area contributed by atoms with Crippen LogP contribution >= 0.6 is 0 Å². The monoisotopic (exact) mass is 566 g/mol. The highest BCUT2D eigenvalue weighted by Crippen LogP contribution is 2.35. The molecule has 4 aromatic rings. The van der Waals surface area contributed by atoms with Gasteiger partial charge in [0.1, 0.15) is 11.5 Å². The van der Waals surface area contributed by atoms with Gasteiger partial charge in [0.05, 0.1) is 19.9 Å². The number of rotatable bonds is 11. The molecule has 1 aromatic heterocycles. The van der Waals surface area contributed by atoms with Crippen molar-refractivity contribution in [1.82, 2.24) is 19.8 Å². The van der Waals surface area contributed by atoms with E-state index in [2.05, 4.69) is 55.3 Å². The van der Waals surface area contributed by atoms with E-state index in [1.165, 1.54) is 61.9 Å². The lowest BCUT2D eigenvalue weighted by atomic mass is 10.0. The van der Waals surface area contributed by atoms with Gasteiger partial charge in [0, 0.05) is 55.6 Å². The molecule has 0 saturated carbocycles. The van der Waals surface area contributed by atoms with Crippen LogP contribution in [0.5, 0.6) is 11.5 Å². The molecule has 42 heavy (non-hydrogen) atoms. The average molecular weight is 567 g/mol. The molecule has 0 unspecified atom stereocenters. The maximum Gasteiger partial charge on any atom is 0.223 e. The molecule has 3 heterocycles. The normalized spacial score (nSPS) is 16.2. The van der Waals surface area contributed by atoms with Crippen molar-refractivity contribution in [3.8, 4) is 22.8 Å². The Morgan fingerprint density at radius 2 is 1.55 bits per heavy atom. The summed E-state index contributed by atoms with van der Waals surface area (Å²) in [4.78, 5) is 17.2. The number of likely N-dealkylation sites (tertiary alicyclic amines) is 1. The van der Waals surface area contributed by atoms with Crippen LogP contribution in [0.25, 0.3) is 22.0 Å². The summed E-state index contributed by atoms with van der Waals surface area (Å²) < 4.78 is 11.0. The van der Waals surface area contributed by atoms with E-state index in [9.17, 15) is 0 Å². The molecule has 0 spiro atoms. The molecule has 0 radical (unpaired) electrons. The van der Waals surface area contributed by atoms with E-state index in [0.29, 0.717) is 12.5 Å². The van der Waals surface area contributed by atoms with Gasteiger partial charge in [-0.1, -0.05) is 18.2 Å². The Morgan fingerprint density at radius 3 is 2.33 bits per heavy atom. The summed E-state index contributed by atoms with van der Waals surface area (Å²) in [6, 6.07) is 20.9. The smallest absolute Gasteiger partial charge is 0.223 e. The number of fused-ring (bicyclic) bond motifs is 1. The van der Waals surface area contributed by atoms with E-state index in [1.807, 2.05) is 36.5 Å². The van der Waals surface area contributed by atoms with E-state index in [1.54, 1.807) is 14.2 Å². The molecule has 0 amide bonds. The van der Waals surface area contributed by atoms with Crippen molar-refractivity contribution in [1.29, 1.82) is 0 Å². The second-order valence-corrected chi connectivity index (χ2v) is 11.3. The number of aromatic nitrogens is 2. The molecule has 0 atom stereocenters. The predicted molar refractivity (Wildman–Crippen MR) is 171 cm³/mol. The first kappa shape index (κ1) is 28.2. The van der Waals surface area contributed by atoms with Gasteiger partial charge in [-0.25, -0.2) is 9.97 Å². The molecular formula is C34H42N6O2. The van der Waals surface area contributed by atoms with E-state index in [4.69, 9.17) is 14.5 Å². The van der Waals surface area contributed by atoms with Gasteiger partial charge >= 0.3 is 0 Å². The Bertz CT molecular complexity index is 1480. The third kappa shape index (κ3) is 6.77. The van der Waals surface area contributed by atoms with Gasteiger partial charge in [0.25, 0.3) is 0 Å². The summed E-state index contributed by atoms with van der Waals surface area (Å²) in [6.45, 7) is 9.80. The van der Waals surface area contributed by atoms with Crippen molar-refractivity contribution in [2.75, 3.05) is 76.8 Å². The van der Waals surface area contributed by atoms with Crippen LogP contribution in [-0.2, 0) is 6.54 Å². The lowest BCUT2D eigenvalue weighted by Crippen LogP contribution is -2.47. The number of benzene rings is 3. The molecule has 8 heteroatoms. The lowest BCUT2D eigenvalue weighted by molar-refractivity contribution is 0.234. The van der Waals surface area contributed by atoms with Crippen LogP contribution in [0.4, 0.5) is 11.6 Å². The molecule has 6 rings (SSSR count). The SMILES string of the molecule is COc1cccc(CNc2nccc(-c3cc(N4CCN(CCCN5CCCC5)CC4)c4cc(OC)ccc4c3)n2)c1. The van der Waals surface area contributed by atoms with Gasteiger partial charge in [-0.2, -0.15) is 0 Å². The summed E-state index contributed by atoms with van der Waals surface area (Å²) in [5.41, 5.74) is 4.34. The summed E-state index contributed by atoms with van der Waals surface area (Å²) in [6.07, 6.45) is 5.83. The van der Waals surface area contributed by atoms with Crippen LogP contribution in [0.15, 0.2) is 66.9 Å². The maximum atomic E-state index is 5.61. The van der Waals surface area contributed by atoms with Crippen molar-refractivity contribution in [2.24, 2.45) is 0 Å². The first-order valence-electron chi connectivity index (χ1n) is 15.2. The van der Waals surface area contributed by atoms with Gasteiger partial charge in [-0.15, -0.1) is 0 Å². The van der Waals surface area contributed by atoms with Crippen LogP contribution in [0.2, 0.25) is 0 Å². The number of hydrogen-bond acceptors (Lipinski definition) is 8. The largest absolute Gasteiger partial charge is 0.497 e. The number of piperazine rings is 1. The number of ether oxygens (including phenoxy) is 2. The van der Waals surface area contributed by atoms with Crippen molar-refractivity contribution in [2.45, 2.75) is 25.8 Å². The molecule has 2 fully saturated rings. The van der Waals surface area contributed by atoms with E-state index in [-0.39, 0.29) is 0 Å². The van der Waals surface area contributed by atoms with Gasteiger partial charge in [0.2, 0.25) is 5.95 Å². The molecule has 0 aliphatic carbocycles. The van der Waals surface area contributed by atoms with Crippen LogP contribution in [-0.4, -0.2) is 86.3 Å². The Hall–Kier alpha value is -3.88. The van der Waals surface area contributed by atoms with Crippen LogP contribution in [0.3, 0.4) is 0 Å². The van der Waals surface area contributed by atoms with Crippen LogP contribution in [0, 0.1) is 0 Å². The molecule has 2 aliphatic rings. The number of nitrogens with zero attached hydrogens (tertiary/aromatic N) is 5. The maximum absolute atomic E-state index is 5.61. The van der Waals surface area contributed by atoms with Crippen molar-refractivity contribution < 1.29 is 9.47 Å². The van der Waals surface area contributed by atoms with Crippen molar-refractivity contribution in [3.63, 3.8) is 0 Å². The van der Waals surface area contributed by atoms with E-state index in [0.717, 1.165) is 54.5 Å². The van der Waals surface area contributed by atoms with Gasteiger partial charge in [-0.3, -0.25) is 4.90 Å². The van der Waals surface area contributed by atoms with Gasteiger partial charge in [0.15, 0.2) is 0 Å². The number of hydrogen-bond donors (Lipinski definition) is 1. The third-order valence-electron chi connectivity index (χ3n) is 8.54. The minimum absolute atomic E-state index is 0.606. The summed E-state index contributed by atoms with van der Waals surface area (Å²) in [5, 5.41) is 5.77. The second-order valence-electron chi connectivity index (χ2n) is 11.3. The second kappa shape index (κ2) is 13.4. The molecule has 220 valence electrons. The standard InChI is InChI=1S/C34H42N6O2/c1-41-29-8-5-7-26(21-29)25-36-34-35-12-11-32(37-34)28-22-27-9-10-30(42-2)24-31(27)33(23-28)40-19-17-39(18-20-40)16-6-15-38-13-3-4-14-38/h5,7-12,21-24H,3-4,6,13-20,25H2,1-2H3,(H,35,36,37). The van der Waals surface area contributed by atoms with E-state index >= 15 is 0 Å². The lowest BCUT2D eigenvalue weighted by Gasteiger charge is -2.37. The average Bonchev–Trinajstić information content (AvgIpc) is 3.57. The zero-order chi connectivity index (χ0) is 28.7. The molecule has 1 N–H and O–H groups in total. The fourth-order valence-electron chi connectivity index (χ4n) is 6.16. The highest BCUT2D eigenvalue weighted by molar-refractivity contribution is 5.98. The molecule has 8 nitrogen and oxygen atoms in total. The number of nitrogens with one attached hydrogen (secondary N) is 1. The van der Waals surface area contributed by atoms with Gasteiger partial charge in [-0.05, 0) is 98.9 Å². The Kier molecular flexibility index (Phi) is 9.01. The minimum Gasteiger partial charge on any atom is -0.497 e. The fourth-order valence-corrected chi connectivity index (χ4v) is 6.16. The summed E-state index contributed by atoms with van der Waals surface area (Å²) in [7, 11) is 3.42. The Labute approximate surface area is 249 Å². The molecule has 2 saturated heterocycles. The topological polar surface area (TPSA) is 66.0 Å². The predicted octanol–water partition coefficient (Wildman–Crippen LogP) is 5.53. The van der Waals surface area contributed by atoms with Crippen molar-refractivity contribution >= 4 is 22.4 Å². The molecule has 3 aromatic carbocycles. The highest BCUT2D eigenvalue weighted by Gasteiger charge is 2.21. The van der Waals surface area contributed by atoms with Gasteiger partial charge < -0.3 is 24.6 Å². The Balaban J connectivity index is 1.19. The molecule has 0 bridgehead atoms. The van der Waals surface area contributed by atoms with E-state index < -0.39 is 0 Å². The summed E-state index contributed by atoms with van der Waals surface area (Å²) in [5.74, 6) is 2.32. The fraction of sp³-hybridized carbons (Fsp3) is 0.412. The van der Waals surface area contributed by atoms with Crippen LogP contribution in [0.1, 0.15) is 24.8 Å². The van der Waals surface area contributed by atoms with Crippen molar-refractivity contribution in [3.05, 3.63) is 72.4 Å². The Morgan fingerprint density at radius 1 is 0.786 bits per heavy atom. The summed E-state index contributed by atoms with van der Waals surface area (Å²) >= 11 is 0. The van der Waals surface area contributed by atoms with Crippen LogP contribution < -0.4 is 19.7 Å². The number of anilines is 2. The zero-order valence-corrected chi connectivity index (χ0v) is 24.9. The zero-order valence-electron chi connectivity index (χ0n) is 24.9. The number of methoxy groups -OCH3 is 2.